The maximum atomic E-state index is 12.0. The fourth-order valence-corrected chi connectivity index (χ4v) is 4.83. The fraction of sp³-hybridized carbons (Fsp3) is 0.409. The van der Waals surface area contributed by atoms with E-state index < -0.39 is 9.73 Å². The van der Waals surface area contributed by atoms with Crippen LogP contribution in [0.1, 0.15) is 55.9 Å². The van der Waals surface area contributed by atoms with Gasteiger partial charge in [-0.25, -0.2) is 9.19 Å². The van der Waals surface area contributed by atoms with Gasteiger partial charge < -0.3 is 14.2 Å². The van der Waals surface area contributed by atoms with Crippen molar-refractivity contribution >= 4 is 38.1 Å². The lowest BCUT2D eigenvalue weighted by atomic mass is 9.86. The smallest absolute Gasteiger partial charge is 0.198 e. The predicted molar refractivity (Wildman–Crippen MR) is 120 cm³/mol. The summed E-state index contributed by atoms with van der Waals surface area (Å²) >= 11 is 6.04. The summed E-state index contributed by atoms with van der Waals surface area (Å²) < 4.78 is 31.5. The number of benzene rings is 1. The summed E-state index contributed by atoms with van der Waals surface area (Å²) in [7, 11) is -2.62. The zero-order valence-electron chi connectivity index (χ0n) is 16.9. The molecule has 1 unspecified atom stereocenters. The zero-order valence-corrected chi connectivity index (χ0v) is 18.5. The van der Waals surface area contributed by atoms with E-state index in [-0.39, 0.29) is 5.75 Å². The third kappa shape index (κ3) is 4.73. The molecule has 0 saturated heterocycles. The van der Waals surface area contributed by atoms with Crippen LogP contribution in [0.5, 0.6) is 0 Å². The van der Waals surface area contributed by atoms with Crippen LogP contribution >= 0.6 is 11.6 Å². The minimum absolute atomic E-state index is 0.137. The minimum atomic E-state index is -2.62. The van der Waals surface area contributed by atoms with Gasteiger partial charge in [0.2, 0.25) is 0 Å². The highest BCUT2D eigenvalue weighted by molar-refractivity contribution is 7.91. The van der Waals surface area contributed by atoms with Crippen molar-refractivity contribution in [2.24, 2.45) is 0 Å². The molecule has 0 amide bonds. The molecule has 2 heterocycles. The van der Waals surface area contributed by atoms with Gasteiger partial charge in [0.15, 0.2) is 11.5 Å². The molecule has 1 atom stereocenters. The number of aromatic nitrogens is 1. The van der Waals surface area contributed by atoms with Gasteiger partial charge in [0.1, 0.15) is 17.0 Å². The molecule has 1 aromatic carbocycles. The van der Waals surface area contributed by atoms with E-state index in [1.165, 1.54) is 0 Å². The van der Waals surface area contributed by atoms with E-state index in [4.69, 9.17) is 25.2 Å². The Bertz CT molecular complexity index is 1160. The molecule has 2 N–H and O–H groups in total. The third-order valence-electron chi connectivity index (χ3n) is 5.62. The lowest BCUT2D eigenvalue weighted by Gasteiger charge is -2.28. The van der Waals surface area contributed by atoms with E-state index >= 15 is 0 Å². The van der Waals surface area contributed by atoms with Crippen molar-refractivity contribution < 1.29 is 13.0 Å². The van der Waals surface area contributed by atoms with Crippen molar-refractivity contribution in [3.05, 3.63) is 59.3 Å². The number of nitrogens with one attached hydrogen (secondary N) is 2. The molecule has 1 aliphatic carbocycles. The topological polar surface area (TPSA) is 92.1 Å². The third-order valence-corrected chi connectivity index (χ3v) is 7.54. The lowest BCUT2D eigenvalue weighted by Crippen LogP contribution is -2.31. The van der Waals surface area contributed by atoms with Crippen molar-refractivity contribution in [1.29, 1.82) is 4.78 Å². The Morgan fingerprint density at radius 3 is 2.77 bits per heavy atom. The average Bonchev–Trinajstić information content (AvgIpc) is 3.35. The Labute approximate surface area is 181 Å². The average molecular weight is 448 g/mol. The van der Waals surface area contributed by atoms with Crippen LogP contribution in [0.3, 0.4) is 0 Å². The van der Waals surface area contributed by atoms with Crippen LogP contribution in [0.15, 0.2) is 45.7 Å². The Hall–Kier alpha value is -2.25. The molecule has 3 aromatic rings. The van der Waals surface area contributed by atoms with Crippen molar-refractivity contribution in [2.45, 2.75) is 50.3 Å². The summed E-state index contributed by atoms with van der Waals surface area (Å²) in [5.41, 5.74) is 2.30. The predicted octanol–water partition coefficient (Wildman–Crippen LogP) is 5.93. The number of nitrogens with zero attached hydrogens (tertiary/aromatic N) is 1. The van der Waals surface area contributed by atoms with Crippen LogP contribution in [-0.4, -0.2) is 21.0 Å². The molecule has 2 aromatic heterocycles. The highest BCUT2D eigenvalue weighted by Crippen LogP contribution is 2.35. The number of fused-ring (bicyclic) bond motifs is 1. The summed E-state index contributed by atoms with van der Waals surface area (Å²) in [6, 6.07) is 9.42. The summed E-state index contributed by atoms with van der Waals surface area (Å²) in [4.78, 5) is 4.63. The van der Waals surface area contributed by atoms with Crippen molar-refractivity contribution in [2.75, 3.05) is 5.75 Å². The molecular weight excluding hydrogens is 422 g/mol. The van der Waals surface area contributed by atoms with Crippen molar-refractivity contribution in [1.82, 2.24) is 10.3 Å². The number of hydrogen-bond acceptors (Lipinski definition) is 6. The Kier molecular flexibility index (Phi) is 5.93. The van der Waals surface area contributed by atoms with E-state index in [1.807, 2.05) is 24.3 Å². The number of hydrogen-bond donors (Lipinski definition) is 2. The number of furan rings is 1. The van der Waals surface area contributed by atoms with Gasteiger partial charge in [0.25, 0.3) is 0 Å². The van der Waals surface area contributed by atoms with Crippen LogP contribution in [0, 0.1) is 4.78 Å². The Morgan fingerprint density at radius 1 is 1.27 bits per heavy atom. The van der Waals surface area contributed by atoms with Crippen molar-refractivity contribution in [3.8, 4) is 0 Å². The second-order valence-corrected chi connectivity index (χ2v) is 10.8. The molecule has 0 bridgehead atoms. The van der Waals surface area contributed by atoms with Gasteiger partial charge in [0, 0.05) is 22.7 Å². The monoisotopic (exact) mass is 447 g/mol. The van der Waals surface area contributed by atoms with Crippen LogP contribution in [0.25, 0.3) is 16.8 Å². The summed E-state index contributed by atoms with van der Waals surface area (Å²) in [6.07, 6.45) is 3.92. The van der Waals surface area contributed by atoms with E-state index in [0.717, 1.165) is 42.7 Å². The molecule has 160 valence electrons. The molecule has 0 radical (unpaired) electrons. The minimum Gasteiger partial charge on any atom is -0.459 e. The maximum Gasteiger partial charge on any atom is 0.198 e. The fourth-order valence-electron chi connectivity index (χ4n) is 3.84. The molecular formula is C22H26ClN3O3S. The second-order valence-electron chi connectivity index (χ2n) is 7.85. The molecule has 1 saturated carbocycles. The molecule has 30 heavy (non-hydrogen) atoms. The number of rotatable bonds is 7. The van der Waals surface area contributed by atoms with Gasteiger partial charge in [-0.15, -0.1) is 0 Å². The Morgan fingerprint density at radius 2 is 2.03 bits per heavy atom. The number of halogens is 1. The van der Waals surface area contributed by atoms with Crippen LogP contribution in [0.2, 0.25) is 5.02 Å². The van der Waals surface area contributed by atoms with Crippen LogP contribution in [0.4, 0.5) is 0 Å². The zero-order chi connectivity index (χ0) is 21.3. The summed E-state index contributed by atoms with van der Waals surface area (Å²) in [5, 5.41) is 4.12. The molecule has 1 aliphatic rings. The molecule has 6 nitrogen and oxygen atoms in total. The van der Waals surface area contributed by atoms with Crippen LogP contribution in [-0.2, 0) is 15.5 Å². The highest BCUT2D eigenvalue weighted by Gasteiger charge is 2.26. The first-order valence-electron chi connectivity index (χ1n) is 10.2. The highest BCUT2D eigenvalue weighted by atomic mass is 35.5. The van der Waals surface area contributed by atoms with Crippen molar-refractivity contribution in [3.63, 3.8) is 0 Å². The molecule has 0 aliphatic heterocycles. The van der Waals surface area contributed by atoms with Crippen LogP contribution < -0.4 is 5.32 Å². The van der Waals surface area contributed by atoms with Gasteiger partial charge in [-0.2, -0.15) is 0 Å². The van der Waals surface area contributed by atoms with E-state index in [0.29, 0.717) is 40.0 Å². The maximum absolute atomic E-state index is 12.0. The lowest BCUT2D eigenvalue weighted by molar-refractivity contribution is 0.328. The molecule has 8 heteroatoms. The number of oxazole rings is 1. The first-order chi connectivity index (χ1) is 14.3. The quantitative estimate of drug-likeness (QED) is 0.468. The van der Waals surface area contributed by atoms with Gasteiger partial charge in [-0.3, -0.25) is 4.78 Å². The molecule has 0 spiro atoms. The van der Waals surface area contributed by atoms with E-state index in [2.05, 4.69) is 16.9 Å². The normalized spacial score (nSPS) is 21.4. The van der Waals surface area contributed by atoms with Gasteiger partial charge >= 0.3 is 0 Å². The molecule has 4 rings (SSSR count). The second kappa shape index (κ2) is 8.47. The van der Waals surface area contributed by atoms with E-state index in [9.17, 15) is 4.21 Å². The summed E-state index contributed by atoms with van der Waals surface area (Å²) in [6.45, 7) is 5.85. The first kappa shape index (κ1) is 21.0. The molecule has 1 fully saturated rings. The summed E-state index contributed by atoms with van der Waals surface area (Å²) in [5.74, 6) is 2.74. The van der Waals surface area contributed by atoms with E-state index in [1.54, 1.807) is 13.0 Å². The standard InChI is InChI=1S/C22H26ClN3O3S/c1-3-30(24,27)13-18-9-11-20(28-18)14(2)25-17-7-4-15(5-8-17)22-26-19-12-16(23)6-10-21(19)29-22/h6,9-12,15,17,24-25H,2-5,7-8,13H2,1H3. The van der Waals surface area contributed by atoms with Gasteiger partial charge in [-0.1, -0.05) is 25.1 Å². The first-order valence-corrected chi connectivity index (χ1v) is 12.4. The SMILES string of the molecule is C=C(NC1CCC(c2nc3cc(Cl)ccc3o2)CC1)c1ccc(CS(=N)(=O)CC)o1. The Balaban J connectivity index is 1.33. The largest absolute Gasteiger partial charge is 0.459 e. The van der Waals surface area contributed by atoms with Gasteiger partial charge in [-0.05, 0) is 56.0 Å². The van der Waals surface area contributed by atoms with Gasteiger partial charge in [0.05, 0.1) is 21.2 Å².